The number of hydrogen-bond acceptors (Lipinski definition) is 6. The monoisotopic (exact) mass is 556 g/mol. The molecule has 0 aliphatic rings. The van der Waals surface area contributed by atoms with Gasteiger partial charge in [0.15, 0.2) is 17.5 Å². The van der Waals surface area contributed by atoms with Gasteiger partial charge in [-0.1, -0.05) is 72.8 Å². The molecule has 0 fully saturated rings. The summed E-state index contributed by atoms with van der Waals surface area (Å²) in [6, 6.07) is 37.3. The van der Waals surface area contributed by atoms with Crippen molar-refractivity contribution in [3.05, 3.63) is 122 Å². The second kappa shape index (κ2) is 9.03. The normalized spacial score (nSPS) is 11.8. The molecule has 0 bridgehead atoms. The summed E-state index contributed by atoms with van der Waals surface area (Å²) in [7, 11) is 0. The number of aromatic nitrogens is 4. The number of rotatable bonds is 3. The molecular formula is C36H20N4OS. The van der Waals surface area contributed by atoms with Gasteiger partial charge < -0.3 is 4.42 Å². The molecule has 9 aromatic rings. The molecular weight excluding hydrogens is 536 g/mol. The van der Waals surface area contributed by atoms with Gasteiger partial charge in [0.1, 0.15) is 11.2 Å². The van der Waals surface area contributed by atoms with Crippen molar-refractivity contribution in [1.29, 1.82) is 0 Å². The molecule has 0 atom stereocenters. The van der Waals surface area contributed by atoms with Crippen LogP contribution in [0.15, 0.2) is 126 Å². The third-order valence-corrected chi connectivity index (χ3v) is 8.94. The molecule has 0 saturated carbocycles. The molecule has 196 valence electrons. The second-order valence-corrected chi connectivity index (χ2v) is 11.4. The van der Waals surface area contributed by atoms with E-state index in [-0.39, 0.29) is 0 Å². The lowest BCUT2D eigenvalue weighted by atomic mass is 10.0. The van der Waals surface area contributed by atoms with Crippen molar-refractivity contribution < 1.29 is 4.42 Å². The Morgan fingerprint density at radius 3 is 2.14 bits per heavy atom. The molecule has 0 radical (unpaired) electrons. The van der Waals surface area contributed by atoms with E-state index in [9.17, 15) is 0 Å². The third-order valence-electron chi connectivity index (χ3n) is 7.81. The highest BCUT2D eigenvalue weighted by Gasteiger charge is 2.20. The summed E-state index contributed by atoms with van der Waals surface area (Å²) < 4.78 is 8.80. The minimum atomic E-state index is 0.610. The first-order chi connectivity index (χ1) is 20.8. The zero-order valence-corrected chi connectivity index (χ0v) is 23.0. The quantitative estimate of drug-likeness (QED) is 0.217. The molecule has 42 heavy (non-hydrogen) atoms. The highest BCUT2D eigenvalue weighted by atomic mass is 32.1. The number of benzene rings is 5. The molecule has 4 aromatic heterocycles. The van der Waals surface area contributed by atoms with Crippen molar-refractivity contribution >= 4 is 64.2 Å². The van der Waals surface area contributed by atoms with E-state index in [0.717, 1.165) is 49.4 Å². The number of hydrogen-bond donors (Lipinski definition) is 0. The fraction of sp³-hybridized carbons (Fsp3) is 0. The highest BCUT2D eigenvalue weighted by molar-refractivity contribution is 7.25. The summed E-state index contributed by atoms with van der Waals surface area (Å²) in [5.74, 6) is 1.89. The number of fused-ring (bicyclic) bond motifs is 7. The smallest absolute Gasteiger partial charge is 0.164 e. The third kappa shape index (κ3) is 3.56. The summed E-state index contributed by atoms with van der Waals surface area (Å²) in [5.41, 5.74) is 4.44. The predicted molar refractivity (Wildman–Crippen MR) is 172 cm³/mol. The van der Waals surface area contributed by atoms with Crippen LogP contribution >= 0.6 is 11.3 Å². The van der Waals surface area contributed by atoms with E-state index >= 15 is 0 Å². The van der Waals surface area contributed by atoms with E-state index in [0.29, 0.717) is 17.5 Å². The van der Waals surface area contributed by atoms with Crippen LogP contribution in [0.1, 0.15) is 0 Å². The summed E-state index contributed by atoms with van der Waals surface area (Å²) in [6.07, 6.45) is 3.68. The van der Waals surface area contributed by atoms with Crippen molar-refractivity contribution in [3.8, 4) is 34.2 Å². The van der Waals surface area contributed by atoms with Gasteiger partial charge in [-0.3, -0.25) is 4.98 Å². The number of thiophene rings is 1. The Morgan fingerprint density at radius 1 is 0.524 bits per heavy atom. The summed E-state index contributed by atoms with van der Waals surface area (Å²) in [5, 5.41) is 6.53. The maximum Gasteiger partial charge on any atom is 0.164 e. The van der Waals surface area contributed by atoms with Crippen LogP contribution in [0.5, 0.6) is 0 Å². The van der Waals surface area contributed by atoms with Gasteiger partial charge >= 0.3 is 0 Å². The van der Waals surface area contributed by atoms with Crippen molar-refractivity contribution in [2.75, 3.05) is 0 Å². The van der Waals surface area contributed by atoms with Gasteiger partial charge in [-0.05, 0) is 41.8 Å². The molecule has 0 aliphatic carbocycles. The lowest BCUT2D eigenvalue weighted by Crippen LogP contribution is -2.00. The average molecular weight is 557 g/mol. The van der Waals surface area contributed by atoms with Gasteiger partial charge in [0, 0.05) is 65.4 Å². The van der Waals surface area contributed by atoms with Crippen LogP contribution in [0.3, 0.4) is 0 Å². The van der Waals surface area contributed by atoms with Crippen LogP contribution in [0.25, 0.3) is 87.0 Å². The SMILES string of the molecule is c1ccc(-c2nc(-c3cccc4oc5cc6cnccc6cc5c34)nc(-c3cccc4sc5ccccc5c34)n2)cc1. The Kier molecular flexibility index (Phi) is 5.00. The summed E-state index contributed by atoms with van der Waals surface area (Å²) in [4.78, 5) is 19.6. The van der Waals surface area contributed by atoms with Gasteiger partial charge in [-0.25, -0.2) is 15.0 Å². The van der Waals surface area contributed by atoms with Crippen LogP contribution in [-0.2, 0) is 0 Å². The molecule has 5 nitrogen and oxygen atoms in total. The van der Waals surface area contributed by atoms with Crippen molar-refractivity contribution in [2.24, 2.45) is 0 Å². The maximum absolute atomic E-state index is 6.35. The Labute approximate surface area is 243 Å². The number of furan rings is 1. The first-order valence-corrected chi connectivity index (χ1v) is 14.5. The van der Waals surface area contributed by atoms with E-state index in [4.69, 9.17) is 19.4 Å². The highest BCUT2D eigenvalue weighted by Crippen LogP contribution is 2.41. The van der Waals surface area contributed by atoms with Crippen LogP contribution < -0.4 is 0 Å². The minimum absolute atomic E-state index is 0.610. The maximum atomic E-state index is 6.35. The van der Waals surface area contributed by atoms with Gasteiger partial charge in [-0.2, -0.15) is 0 Å². The summed E-state index contributed by atoms with van der Waals surface area (Å²) >= 11 is 1.79. The van der Waals surface area contributed by atoms with Crippen molar-refractivity contribution in [1.82, 2.24) is 19.9 Å². The molecule has 5 aromatic carbocycles. The van der Waals surface area contributed by atoms with E-state index in [1.165, 1.54) is 20.2 Å². The molecule has 0 spiro atoms. The molecule has 0 unspecified atom stereocenters. The Balaban J connectivity index is 1.36. The molecule has 0 N–H and O–H groups in total. The molecule has 4 heterocycles. The van der Waals surface area contributed by atoms with E-state index in [1.807, 2.05) is 60.9 Å². The molecule has 0 saturated heterocycles. The van der Waals surface area contributed by atoms with Crippen LogP contribution in [0.2, 0.25) is 0 Å². The minimum Gasteiger partial charge on any atom is -0.456 e. The Morgan fingerprint density at radius 2 is 1.26 bits per heavy atom. The van der Waals surface area contributed by atoms with E-state index in [1.54, 1.807) is 11.3 Å². The fourth-order valence-electron chi connectivity index (χ4n) is 5.89. The van der Waals surface area contributed by atoms with E-state index in [2.05, 4.69) is 65.6 Å². The van der Waals surface area contributed by atoms with Crippen LogP contribution in [0, 0.1) is 0 Å². The summed E-state index contributed by atoms with van der Waals surface area (Å²) in [6.45, 7) is 0. The zero-order chi connectivity index (χ0) is 27.6. The average Bonchev–Trinajstić information content (AvgIpc) is 3.61. The first kappa shape index (κ1) is 23.3. The van der Waals surface area contributed by atoms with Crippen LogP contribution in [0.4, 0.5) is 0 Å². The van der Waals surface area contributed by atoms with Crippen LogP contribution in [-0.4, -0.2) is 19.9 Å². The predicted octanol–water partition coefficient (Wildman–Crippen LogP) is 9.69. The van der Waals surface area contributed by atoms with Gasteiger partial charge in [0.2, 0.25) is 0 Å². The van der Waals surface area contributed by atoms with Gasteiger partial charge in [0.25, 0.3) is 0 Å². The largest absolute Gasteiger partial charge is 0.456 e. The Bertz CT molecular complexity index is 2480. The first-order valence-electron chi connectivity index (χ1n) is 13.7. The Hall–Kier alpha value is -5.46. The number of nitrogens with zero attached hydrogens (tertiary/aromatic N) is 4. The van der Waals surface area contributed by atoms with Gasteiger partial charge in [-0.15, -0.1) is 11.3 Å². The lowest BCUT2D eigenvalue weighted by molar-refractivity contribution is 0.669. The number of pyridine rings is 1. The zero-order valence-electron chi connectivity index (χ0n) is 22.2. The standard InChI is InChI=1S/C36H20N4OS/c1-2-8-21(9-3-1)34-38-35(40-36(39-34)26-12-7-15-31-33(26)24-10-4-5-14-30(24)42-31)25-11-6-13-28-32(25)27-18-22-16-17-37-20-23(22)19-29(27)41-28/h1-20H. The molecule has 0 aliphatic heterocycles. The van der Waals surface area contributed by atoms with Gasteiger partial charge in [0.05, 0.1) is 0 Å². The molecule has 0 amide bonds. The topological polar surface area (TPSA) is 64.7 Å². The lowest BCUT2D eigenvalue weighted by Gasteiger charge is -2.10. The second-order valence-electron chi connectivity index (χ2n) is 10.3. The van der Waals surface area contributed by atoms with Crippen molar-refractivity contribution in [3.63, 3.8) is 0 Å². The molecule has 9 rings (SSSR count). The van der Waals surface area contributed by atoms with Crippen molar-refractivity contribution in [2.45, 2.75) is 0 Å². The fourth-order valence-corrected chi connectivity index (χ4v) is 7.02. The van der Waals surface area contributed by atoms with E-state index < -0.39 is 0 Å². The molecule has 6 heteroatoms.